The lowest BCUT2D eigenvalue weighted by Crippen LogP contribution is -2.39. The summed E-state index contributed by atoms with van der Waals surface area (Å²) < 4.78 is 32.2. The van der Waals surface area contributed by atoms with Crippen LogP contribution in [-0.2, 0) is 21.4 Å². The van der Waals surface area contributed by atoms with Gasteiger partial charge in [0.2, 0.25) is 15.9 Å². The molecule has 8 nitrogen and oxygen atoms in total. The van der Waals surface area contributed by atoms with Crippen LogP contribution >= 0.6 is 0 Å². The molecule has 9 heteroatoms. The summed E-state index contributed by atoms with van der Waals surface area (Å²) in [6.07, 6.45) is 0. The molecule has 1 N–H and O–H groups in total. The average molecular weight is 423 g/mol. The van der Waals surface area contributed by atoms with Crippen LogP contribution in [-0.4, -0.2) is 54.9 Å². The summed E-state index contributed by atoms with van der Waals surface area (Å²) >= 11 is 0. The third-order valence-corrected chi connectivity index (χ3v) is 7.10. The number of rotatable bonds is 9. The average Bonchev–Trinajstić information content (AvgIpc) is 3.07. The highest BCUT2D eigenvalue weighted by atomic mass is 32.2. The monoisotopic (exact) mass is 422 g/mol. The smallest absolute Gasteiger partial charge is 0.243 e. The van der Waals surface area contributed by atoms with E-state index in [0.717, 1.165) is 5.69 Å². The number of amides is 1. The number of carbonyl (C=O) groups is 1. The van der Waals surface area contributed by atoms with Crippen LogP contribution in [0.5, 0.6) is 0 Å². The number of anilines is 1. The summed E-state index contributed by atoms with van der Waals surface area (Å²) in [5, 5.41) is 6.76. The fraction of sp³-hybridized carbons (Fsp3) is 0.500. The Bertz CT molecular complexity index is 951. The molecule has 0 saturated heterocycles. The topological polar surface area (TPSA) is 95.8 Å². The van der Waals surface area contributed by atoms with Crippen molar-refractivity contribution >= 4 is 21.6 Å². The fourth-order valence-electron chi connectivity index (χ4n) is 2.99. The highest BCUT2D eigenvalue weighted by Crippen LogP contribution is 2.24. The lowest BCUT2D eigenvalue weighted by atomic mass is 10.2. The Kier molecular flexibility index (Phi) is 7.56. The molecular weight excluding hydrogens is 392 g/mol. The first-order chi connectivity index (χ1) is 13.6. The standard InChI is InChI=1S/C20H30N4O4S/c1-7-24(8-2)29(26,27)19-12-17(10-9-14(19)3)21-20(25)16(5)23(6)13-18-11-15(4)28-22-18/h9-12,16H,7-8,13H2,1-6H3,(H,21,25)/t16-/m1/s1. The summed E-state index contributed by atoms with van der Waals surface area (Å²) in [7, 11) is -1.79. The summed E-state index contributed by atoms with van der Waals surface area (Å²) in [4.78, 5) is 14.7. The van der Waals surface area contributed by atoms with E-state index in [2.05, 4.69) is 10.5 Å². The summed E-state index contributed by atoms with van der Waals surface area (Å²) in [6, 6.07) is 6.32. The Morgan fingerprint density at radius 2 is 1.86 bits per heavy atom. The number of nitrogens with zero attached hydrogens (tertiary/aromatic N) is 3. The van der Waals surface area contributed by atoms with E-state index in [0.29, 0.717) is 36.6 Å². The predicted octanol–water partition coefficient (Wildman–Crippen LogP) is 2.78. The quantitative estimate of drug-likeness (QED) is 0.668. The second-order valence-corrected chi connectivity index (χ2v) is 8.99. The van der Waals surface area contributed by atoms with Gasteiger partial charge in [-0.15, -0.1) is 0 Å². The number of hydrogen-bond donors (Lipinski definition) is 1. The van der Waals surface area contributed by atoms with Crippen LogP contribution in [0.4, 0.5) is 5.69 Å². The SMILES string of the molecule is CCN(CC)S(=O)(=O)c1cc(NC(=O)[C@@H](C)N(C)Cc2cc(C)on2)ccc1C. The van der Waals surface area contributed by atoms with Crippen molar-refractivity contribution in [2.75, 3.05) is 25.5 Å². The third-order valence-electron chi connectivity index (χ3n) is 4.91. The number of sulfonamides is 1. The normalized spacial score (nSPS) is 13.1. The summed E-state index contributed by atoms with van der Waals surface area (Å²) in [5.74, 6) is 0.481. The number of benzene rings is 1. The van der Waals surface area contributed by atoms with Crippen molar-refractivity contribution in [3.63, 3.8) is 0 Å². The molecule has 1 aromatic heterocycles. The van der Waals surface area contributed by atoms with Crippen molar-refractivity contribution in [2.45, 2.75) is 52.1 Å². The zero-order valence-electron chi connectivity index (χ0n) is 17.9. The fourth-order valence-corrected chi connectivity index (χ4v) is 4.70. The second-order valence-electron chi connectivity index (χ2n) is 7.08. The Labute approximate surface area is 172 Å². The van der Waals surface area contributed by atoms with Crippen molar-refractivity contribution in [1.29, 1.82) is 0 Å². The van der Waals surface area contributed by atoms with Gasteiger partial charge >= 0.3 is 0 Å². The zero-order chi connectivity index (χ0) is 21.8. The zero-order valence-corrected chi connectivity index (χ0v) is 18.7. The van der Waals surface area contributed by atoms with Gasteiger partial charge in [0.05, 0.1) is 16.6 Å². The Morgan fingerprint density at radius 1 is 1.21 bits per heavy atom. The van der Waals surface area contributed by atoms with Gasteiger partial charge in [-0.3, -0.25) is 9.69 Å². The van der Waals surface area contributed by atoms with Gasteiger partial charge in [0.15, 0.2) is 0 Å². The number of hydrogen-bond acceptors (Lipinski definition) is 6. The van der Waals surface area contributed by atoms with Crippen LogP contribution in [0.25, 0.3) is 0 Å². The van der Waals surface area contributed by atoms with Crippen LogP contribution in [0.3, 0.4) is 0 Å². The largest absolute Gasteiger partial charge is 0.361 e. The van der Waals surface area contributed by atoms with E-state index in [9.17, 15) is 13.2 Å². The molecule has 1 aromatic carbocycles. The van der Waals surface area contributed by atoms with Crippen molar-refractivity contribution in [3.05, 3.63) is 41.3 Å². The molecule has 0 aliphatic heterocycles. The van der Waals surface area contributed by atoms with Crippen molar-refractivity contribution in [2.24, 2.45) is 0 Å². The molecule has 0 aliphatic rings. The molecule has 1 amide bonds. The molecule has 0 bridgehead atoms. The molecule has 0 saturated carbocycles. The van der Waals surface area contributed by atoms with E-state index >= 15 is 0 Å². The number of aromatic nitrogens is 1. The van der Waals surface area contributed by atoms with E-state index in [1.54, 1.807) is 39.8 Å². The summed E-state index contributed by atoms with van der Waals surface area (Å²) in [6.45, 7) is 10.2. The molecule has 2 rings (SSSR count). The second kappa shape index (κ2) is 9.51. The van der Waals surface area contributed by atoms with E-state index in [-0.39, 0.29) is 10.8 Å². The lowest BCUT2D eigenvalue weighted by Gasteiger charge is -2.23. The van der Waals surface area contributed by atoms with Gasteiger partial charge in [-0.25, -0.2) is 8.42 Å². The maximum absolute atomic E-state index is 12.9. The van der Waals surface area contributed by atoms with Crippen LogP contribution < -0.4 is 5.32 Å². The molecule has 0 aliphatic carbocycles. The van der Waals surface area contributed by atoms with Gasteiger partial charge in [-0.05, 0) is 45.5 Å². The molecule has 0 unspecified atom stereocenters. The van der Waals surface area contributed by atoms with Gasteiger partial charge in [-0.2, -0.15) is 4.31 Å². The molecular formula is C20H30N4O4S. The van der Waals surface area contributed by atoms with Gasteiger partial charge in [0.1, 0.15) is 5.76 Å². The molecule has 1 heterocycles. The highest BCUT2D eigenvalue weighted by molar-refractivity contribution is 7.89. The van der Waals surface area contributed by atoms with Crippen LogP contribution in [0.1, 0.15) is 37.8 Å². The predicted molar refractivity (Wildman–Crippen MR) is 112 cm³/mol. The molecule has 2 aromatic rings. The summed E-state index contributed by atoms with van der Waals surface area (Å²) in [5.41, 5.74) is 1.83. The van der Waals surface area contributed by atoms with E-state index in [1.807, 2.05) is 24.9 Å². The first kappa shape index (κ1) is 23.1. The Hall–Kier alpha value is -2.23. The maximum Gasteiger partial charge on any atom is 0.243 e. The third kappa shape index (κ3) is 5.43. The highest BCUT2D eigenvalue weighted by Gasteiger charge is 2.25. The number of aryl methyl sites for hydroxylation is 2. The van der Waals surface area contributed by atoms with E-state index in [4.69, 9.17) is 4.52 Å². The van der Waals surface area contributed by atoms with Gasteiger partial charge < -0.3 is 9.84 Å². The van der Waals surface area contributed by atoms with Crippen LogP contribution in [0.2, 0.25) is 0 Å². The Morgan fingerprint density at radius 3 is 2.41 bits per heavy atom. The lowest BCUT2D eigenvalue weighted by molar-refractivity contribution is -0.120. The molecule has 1 atom stereocenters. The van der Waals surface area contributed by atoms with Crippen molar-refractivity contribution < 1.29 is 17.7 Å². The molecule has 160 valence electrons. The number of carbonyl (C=O) groups excluding carboxylic acids is 1. The maximum atomic E-state index is 12.9. The molecule has 29 heavy (non-hydrogen) atoms. The first-order valence-electron chi connectivity index (χ1n) is 9.64. The minimum Gasteiger partial charge on any atom is -0.361 e. The first-order valence-corrected chi connectivity index (χ1v) is 11.1. The minimum atomic E-state index is -3.61. The number of nitrogens with one attached hydrogen (secondary N) is 1. The van der Waals surface area contributed by atoms with Gasteiger partial charge in [0, 0.05) is 31.4 Å². The number of likely N-dealkylation sites (N-methyl/N-ethyl adjacent to an activating group) is 1. The Balaban J connectivity index is 2.16. The van der Waals surface area contributed by atoms with Crippen LogP contribution in [0.15, 0.2) is 33.7 Å². The van der Waals surface area contributed by atoms with Crippen LogP contribution in [0, 0.1) is 13.8 Å². The minimum absolute atomic E-state index is 0.207. The van der Waals surface area contributed by atoms with E-state index < -0.39 is 16.1 Å². The van der Waals surface area contributed by atoms with Crippen molar-refractivity contribution in [1.82, 2.24) is 14.4 Å². The molecule has 0 spiro atoms. The van der Waals surface area contributed by atoms with Gasteiger partial charge in [0.25, 0.3) is 0 Å². The van der Waals surface area contributed by atoms with Crippen molar-refractivity contribution in [3.8, 4) is 0 Å². The molecule has 0 radical (unpaired) electrons. The van der Waals surface area contributed by atoms with E-state index in [1.165, 1.54) is 10.4 Å². The van der Waals surface area contributed by atoms with Gasteiger partial charge in [-0.1, -0.05) is 25.1 Å². The molecule has 0 fully saturated rings.